The van der Waals surface area contributed by atoms with Gasteiger partial charge in [0.1, 0.15) is 5.82 Å². The minimum atomic E-state index is -0.283. The Labute approximate surface area is 99.5 Å². The number of nitrogens with two attached hydrogens (primary N) is 1. The molecule has 4 heteroatoms. The maximum atomic E-state index is 13.2. The Kier molecular flexibility index (Phi) is 3.23. The minimum absolute atomic E-state index is 0.283. The van der Waals surface area contributed by atoms with Gasteiger partial charge >= 0.3 is 0 Å². The van der Waals surface area contributed by atoms with Crippen LogP contribution in [0.4, 0.5) is 15.8 Å². The Morgan fingerprint density at radius 2 is 2.24 bits per heavy atom. The summed E-state index contributed by atoms with van der Waals surface area (Å²) < 4.78 is 13.2. The molecule has 3 N–H and O–H groups in total. The molecule has 0 amide bonds. The average Bonchev–Trinajstić information content (AvgIpc) is 2.33. The van der Waals surface area contributed by atoms with Gasteiger partial charge < -0.3 is 11.1 Å². The van der Waals surface area contributed by atoms with Crippen LogP contribution in [0.5, 0.6) is 0 Å². The fraction of sp³-hybridized carbons (Fsp3) is 0.154. The SMILES string of the molecule is Cc1cc(NCc2cccnc2)c(N)cc1F. The Morgan fingerprint density at radius 3 is 2.94 bits per heavy atom. The lowest BCUT2D eigenvalue weighted by atomic mass is 10.1. The molecule has 0 spiro atoms. The molecule has 17 heavy (non-hydrogen) atoms. The lowest BCUT2D eigenvalue weighted by Gasteiger charge is -2.10. The van der Waals surface area contributed by atoms with E-state index in [0.29, 0.717) is 17.8 Å². The van der Waals surface area contributed by atoms with E-state index in [2.05, 4.69) is 10.3 Å². The van der Waals surface area contributed by atoms with Crippen molar-refractivity contribution in [3.05, 3.63) is 53.6 Å². The lowest BCUT2D eigenvalue weighted by molar-refractivity contribution is 0.619. The van der Waals surface area contributed by atoms with E-state index in [0.717, 1.165) is 11.3 Å². The van der Waals surface area contributed by atoms with Gasteiger partial charge in [-0.3, -0.25) is 4.98 Å². The zero-order chi connectivity index (χ0) is 12.3. The van der Waals surface area contributed by atoms with Gasteiger partial charge in [0.05, 0.1) is 11.4 Å². The van der Waals surface area contributed by atoms with Crippen LogP contribution in [0.1, 0.15) is 11.1 Å². The zero-order valence-corrected chi connectivity index (χ0v) is 9.57. The smallest absolute Gasteiger partial charge is 0.128 e. The highest BCUT2D eigenvalue weighted by atomic mass is 19.1. The summed E-state index contributed by atoms with van der Waals surface area (Å²) in [5, 5.41) is 3.17. The number of hydrogen-bond acceptors (Lipinski definition) is 3. The van der Waals surface area contributed by atoms with E-state index in [1.807, 2.05) is 12.1 Å². The predicted octanol–water partition coefficient (Wildman–Crippen LogP) is 2.72. The average molecular weight is 231 g/mol. The second-order valence-electron chi connectivity index (χ2n) is 3.90. The maximum absolute atomic E-state index is 13.2. The van der Waals surface area contributed by atoms with Crippen LogP contribution in [0.3, 0.4) is 0 Å². The van der Waals surface area contributed by atoms with E-state index >= 15 is 0 Å². The Bertz CT molecular complexity index is 512. The van der Waals surface area contributed by atoms with E-state index in [1.165, 1.54) is 6.07 Å². The fourth-order valence-electron chi connectivity index (χ4n) is 1.55. The molecule has 1 aromatic carbocycles. The Hall–Kier alpha value is -2.10. The standard InChI is InChI=1S/C13H14FN3/c1-9-5-13(12(15)6-11(9)14)17-8-10-3-2-4-16-7-10/h2-7,17H,8,15H2,1H3. The third-order valence-electron chi connectivity index (χ3n) is 2.54. The summed E-state index contributed by atoms with van der Waals surface area (Å²) in [5.74, 6) is -0.283. The van der Waals surface area contributed by atoms with Crippen LogP contribution in [-0.4, -0.2) is 4.98 Å². The quantitative estimate of drug-likeness (QED) is 0.798. The Morgan fingerprint density at radius 1 is 1.41 bits per heavy atom. The molecule has 0 fully saturated rings. The van der Waals surface area contributed by atoms with Gasteiger partial charge in [-0.05, 0) is 36.2 Å². The molecule has 0 aliphatic heterocycles. The molecule has 88 valence electrons. The second-order valence-corrected chi connectivity index (χ2v) is 3.90. The summed E-state index contributed by atoms with van der Waals surface area (Å²) in [6, 6.07) is 6.88. The lowest BCUT2D eigenvalue weighted by Crippen LogP contribution is -2.03. The molecular formula is C13H14FN3. The number of nitrogens with zero attached hydrogens (tertiary/aromatic N) is 1. The molecule has 2 aromatic rings. The summed E-state index contributed by atoms with van der Waals surface area (Å²) in [5.41, 5.74) is 8.52. The van der Waals surface area contributed by atoms with E-state index in [4.69, 9.17) is 5.73 Å². The van der Waals surface area contributed by atoms with Gasteiger partial charge in [0.15, 0.2) is 0 Å². The van der Waals surface area contributed by atoms with E-state index in [-0.39, 0.29) is 5.82 Å². The van der Waals surface area contributed by atoms with Crippen molar-refractivity contribution in [1.82, 2.24) is 4.98 Å². The topological polar surface area (TPSA) is 50.9 Å². The number of aromatic nitrogens is 1. The van der Waals surface area contributed by atoms with Crippen molar-refractivity contribution in [3.63, 3.8) is 0 Å². The van der Waals surface area contributed by atoms with Crippen molar-refractivity contribution in [2.45, 2.75) is 13.5 Å². The zero-order valence-electron chi connectivity index (χ0n) is 9.57. The molecule has 0 bridgehead atoms. The molecule has 1 aromatic heterocycles. The van der Waals surface area contributed by atoms with Crippen LogP contribution in [0.25, 0.3) is 0 Å². The maximum Gasteiger partial charge on any atom is 0.128 e. The molecule has 1 heterocycles. The molecule has 0 radical (unpaired) electrons. The highest BCUT2D eigenvalue weighted by Gasteiger charge is 2.04. The third-order valence-corrected chi connectivity index (χ3v) is 2.54. The molecule has 0 aliphatic carbocycles. The largest absolute Gasteiger partial charge is 0.397 e. The molecule has 0 atom stereocenters. The number of aryl methyl sites for hydroxylation is 1. The number of nitrogen functional groups attached to an aromatic ring is 1. The van der Waals surface area contributed by atoms with E-state index in [1.54, 1.807) is 25.4 Å². The van der Waals surface area contributed by atoms with Gasteiger partial charge in [0, 0.05) is 18.9 Å². The number of halogens is 1. The van der Waals surface area contributed by atoms with E-state index < -0.39 is 0 Å². The summed E-state index contributed by atoms with van der Waals surface area (Å²) in [7, 11) is 0. The first-order valence-corrected chi connectivity index (χ1v) is 5.35. The van der Waals surface area contributed by atoms with Crippen LogP contribution in [0, 0.1) is 12.7 Å². The van der Waals surface area contributed by atoms with Gasteiger partial charge in [-0.2, -0.15) is 0 Å². The summed E-state index contributed by atoms with van der Waals surface area (Å²) in [6.45, 7) is 2.33. The van der Waals surface area contributed by atoms with Crippen LogP contribution < -0.4 is 11.1 Å². The van der Waals surface area contributed by atoms with Crippen LogP contribution in [0.15, 0.2) is 36.7 Å². The molecule has 0 aliphatic rings. The van der Waals surface area contributed by atoms with Crippen LogP contribution in [0.2, 0.25) is 0 Å². The van der Waals surface area contributed by atoms with Crippen molar-refractivity contribution >= 4 is 11.4 Å². The van der Waals surface area contributed by atoms with Gasteiger partial charge in [-0.25, -0.2) is 4.39 Å². The number of rotatable bonds is 3. The minimum Gasteiger partial charge on any atom is -0.397 e. The summed E-state index contributed by atoms with van der Waals surface area (Å²) in [4.78, 5) is 4.02. The first-order chi connectivity index (χ1) is 8.16. The first kappa shape index (κ1) is 11.4. The van der Waals surface area contributed by atoms with Crippen molar-refractivity contribution in [2.75, 3.05) is 11.1 Å². The van der Waals surface area contributed by atoms with Crippen LogP contribution >= 0.6 is 0 Å². The monoisotopic (exact) mass is 231 g/mol. The highest BCUT2D eigenvalue weighted by molar-refractivity contribution is 5.67. The fourth-order valence-corrected chi connectivity index (χ4v) is 1.55. The Balaban J connectivity index is 2.12. The summed E-state index contributed by atoms with van der Waals surface area (Å²) in [6.07, 6.45) is 3.50. The van der Waals surface area contributed by atoms with Gasteiger partial charge in [0.25, 0.3) is 0 Å². The van der Waals surface area contributed by atoms with E-state index in [9.17, 15) is 4.39 Å². The van der Waals surface area contributed by atoms with Gasteiger partial charge in [-0.1, -0.05) is 6.07 Å². The van der Waals surface area contributed by atoms with Crippen molar-refractivity contribution in [2.24, 2.45) is 0 Å². The first-order valence-electron chi connectivity index (χ1n) is 5.35. The van der Waals surface area contributed by atoms with Gasteiger partial charge in [-0.15, -0.1) is 0 Å². The molecule has 2 rings (SSSR count). The van der Waals surface area contributed by atoms with Crippen LogP contribution in [-0.2, 0) is 6.54 Å². The number of hydrogen-bond donors (Lipinski definition) is 2. The van der Waals surface area contributed by atoms with Crippen molar-refractivity contribution in [3.8, 4) is 0 Å². The number of nitrogens with one attached hydrogen (secondary N) is 1. The third kappa shape index (κ3) is 2.72. The molecule has 3 nitrogen and oxygen atoms in total. The second kappa shape index (κ2) is 4.82. The normalized spacial score (nSPS) is 10.2. The molecule has 0 saturated heterocycles. The number of pyridine rings is 1. The number of benzene rings is 1. The highest BCUT2D eigenvalue weighted by Crippen LogP contribution is 2.22. The predicted molar refractivity (Wildman–Crippen MR) is 67.1 cm³/mol. The van der Waals surface area contributed by atoms with Crippen molar-refractivity contribution < 1.29 is 4.39 Å². The summed E-state index contributed by atoms with van der Waals surface area (Å²) >= 11 is 0. The molecule has 0 unspecified atom stereocenters. The van der Waals surface area contributed by atoms with Crippen molar-refractivity contribution in [1.29, 1.82) is 0 Å². The number of anilines is 2. The molecular weight excluding hydrogens is 217 g/mol. The van der Waals surface area contributed by atoms with Gasteiger partial charge in [0.2, 0.25) is 0 Å². The molecule has 0 saturated carbocycles.